The standard InChI is InChI=1S/C13H8Cl2N2S/c14-8-4-1-2-6-10(8)16-13-17-11-7-3-5-9(15)12(11)18-13/h1-7H,(H,16,17). The molecule has 0 aliphatic rings. The average Bonchev–Trinajstić information content (AvgIpc) is 2.76. The smallest absolute Gasteiger partial charge is 0.188 e. The number of nitrogens with one attached hydrogen (secondary N) is 1. The van der Waals surface area contributed by atoms with Gasteiger partial charge in [0, 0.05) is 0 Å². The molecule has 1 aromatic heterocycles. The molecule has 0 saturated heterocycles. The normalized spacial score (nSPS) is 10.8. The Balaban J connectivity index is 2.01. The van der Waals surface area contributed by atoms with E-state index in [9.17, 15) is 0 Å². The first-order valence-electron chi connectivity index (χ1n) is 5.30. The lowest BCUT2D eigenvalue weighted by atomic mass is 10.3. The molecule has 0 spiro atoms. The fourth-order valence-corrected chi connectivity index (χ4v) is 3.00. The van der Waals surface area contributed by atoms with E-state index >= 15 is 0 Å². The molecule has 18 heavy (non-hydrogen) atoms. The highest BCUT2D eigenvalue weighted by atomic mass is 35.5. The minimum Gasteiger partial charge on any atom is -0.330 e. The molecule has 3 aromatic rings. The summed E-state index contributed by atoms with van der Waals surface area (Å²) in [7, 11) is 0. The van der Waals surface area contributed by atoms with Crippen LogP contribution in [0.2, 0.25) is 10.0 Å². The maximum atomic E-state index is 6.12. The van der Waals surface area contributed by atoms with Crippen molar-refractivity contribution in [3.63, 3.8) is 0 Å². The van der Waals surface area contributed by atoms with Crippen LogP contribution in [0.25, 0.3) is 10.2 Å². The van der Waals surface area contributed by atoms with Gasteiger partial charge in [-0.15, -0.1) is 0 Å². The summed E-state index contributed by atoms with van der Waals surface area (Å²) in [5, 5.41) is 5.38. The first-order valence-corrected chi connectivity index (χ1v) is 6.88. The Hall–Kier alpha value is -1.29. The molecular weight excluding hydrogens is 287 g/mol. The van der Waals surface area contributed by atoms with E-state index in [0.717, 1.165) is 26.1 Å². The van der Waals surface area contributed by atoms with Crippen LogP contribution in [0.15, 0.2) is 42.5 Å². The highest BCUT2D eigenvalue weighted by Crippen LogP contribution is 2.34. The van der Waals surface area contributed by atoms with Gasteiger partial charge in [0.25, 0.3) is 0 Å². The first-order chi connectivity index (χ1) is 8.74. The maximum absolute atomic E-state index is 6.12. The van der Waals surface area contributed by atoms with Crippen LogP contribution in [0, 0.1) is 0 Å². The topological polar surface area (TPSA) is 24.9 Å². The minimum absolute atomic E-state index is 0.669. The zero-order valence-electron chi connectivity index (χ0n) is 9.15. The molecule has 90 valence electrons. The summed E-state index contributed by atoms with van der Waals surface area (Å²) < 4.78 is 0.980. The number of halogens is 2. The second-order valence-electron chi connectivity index (χ2n) is 3.71. The highest BCUT2D eigenvalue weighted by Gasteiger charge is 2.07. The van der Waals surface area contributed by atoms with E-state index in [-0.39, 0.29) is 0 Å². The molecular formula is C13H8Cl2N2S. The zero-order valence-corrected chi connectivity index (χ0v) is 11.5. The number of aromatic nitrogens is 1. The van der Waals surface area contributed by atoms with Gasteiger partial charge in [0.15, 0.2) is 5.13 Å². The van der Waals surface area contributed by atoms with Crippen molar-refractivity contribution in [3.05, 3.63) is 52.5 Å². The van der Waals surface area contributed by atoms with Crippen molar-refractivity contribution in [2.24, 2.45) is 0 Å². The van der Waals surface area contributed by atoms with E-state index in [1.165, 1.54) is 11.3 Å². The molecule has 1 heterocycles. The molecule has 0 atom stereocenters. The predicted octanol–water partition coefficient (Wildman–Crippen LogP) is 5.35. The van der Waals surface area contributed by atoms with Crippen LogP contribution < -0.4 is 5.32 Å². The van der Waals surface area contributed by atoms with Gasteiger partial charge in [0.2, 0.25) is 0 Å². The van der Waals surface area contributed by atoms with Crippen molar-refractivity contribution in [2.75, 3.05) is 5.32 Å². The molecule has 0 radical (unpaired) electrons. The molecule has 0 bridgehead atoms. The summed E-state index contributed by atoms with van der Waals surface area (Å²) in [4.78, 5) is 4.47. The number of hydrogen-bond acceptors (Lipinski definition) is 3. The minimum atomic E-state index is 0.669. The Morgan fingerprint density at radius 2 is 1.72 bits per heavy atom. The van der Waals surface area contributed by atoms with Gasteiger partial charge in [-0.25, -0.2) is 4.98 Å². The van der Waals surface area contributed by atoms with Crippen LogP contribution in [0.5, 0.6) is 0 Å². The molecule has 0 fully saturated rings. The maximum Gasteiger partial charge on any atom is 0.188 e. The van der Waals surface area contributed by atoms with Gasteiger partial charge in [-0.1, -0.05) is 52.7 Å². The number of benzene rings is 2. The Kier molecular flexibility index (Phi) is 3.12. The summed E-state index contributed by atoms with van der Waals surface area (Å²) in [6, 6.07) is 13.3. The van der Waals surface area contributed by atoms with Crippen molar-refractivity contribution in [2.45, 2.75) is 0 Å². The third-order valence-electron chi connectivity index (χ3n) is 2.48. The van der Waals surface area contributed by atoms with Crippen LogP contribution >= 0.6 is 34.5 Å². The van der Waals surface area contributed by atoms with Gasteiger partial charge in [0.1, 0.15) is 0 Å². The third-order valence-corrected chi connectivity index (χ3v) is 4.26. The van der Waals surface area contributed by atoms with E-state index in [0.29, 0.717) is 5.02 Å². The number of thiazole rings is 1. The quantitative estimate of drug-likeness (QED) is 0.689. The molecule has 0 saturated carbocycles. The predicted molar refractivity (Wildman–Crippen MR) is 79.4 cm³/mol. The molecule has 2 nitrogen and oxygen atoms in total. The number of fused-ring (bicyclic) bond motifs is 1. The molecule has 2 aromatic carbocycles. The van der Waals surface area contributed by atoms with Gasteiger partial charge in [-0.2, -0.15) is 0 Å². The van der Waals surface area contributed by atoms with Crippen molar-refractivity contribution in [1.29, 1.82) is 0 Å². The van der Waals surface area contributed by atoms with E-state index in [2.05, 4.69) is 10.3 Å². The molecule has 0 aliphatic heterocycles. The summed E-state index contributed by atoms with van der Waals surface area (Å²) >= 11 is 13.7. The van der Waals surface area contributed by atoms with Crippen LogP contribution in [-0.4, -0.2) is 4.98 Å². The van der Waals surface area contributed by atoms with Gasteiger partial charge in [0.05, 0.1) is 25.9 Å². The zero-order chi connectivity index (χ0) is 12.5. The number of nitrogens with zero attached hydrogens (tertiary/aromatic N) is 1. The first kappa shape index (κ1) is 11.8. The lowest BCUT2D eigenvalue weighted by Gasteiger charge is -2.03. The van der Waals surface area contributed by atoms with E-state index < -0.39 is 0 Å². The van der Waals surface area contributed by atoms with Crippen molar-refractivity contribution in [3.8, 4) is 0 Å². The second-order valence-corrected chi connectivity index (χ2v) is 5.53. The van der Waals surface area contributed by atoms with Crippen LogP contribution in [0.3, 0.4) is 0 Å². The summed E-state index contributed by atoms with van der Waals surface area (Å²) in [5.41, 5.74) is 1.73. The summed E-state index contributed by atoms with van der Waals surface area (Å²) in [6.07, 6.45) is 0. The van der Waals surface area contributed by atoms with Crippen molar-refractivity contribution < 1.29 is 0 Å². The molecule has 5 heteroatoms. The fraction of sp³-hybridized carbons (Fsp3) is 0. The largest absolute Gasteiger partial charge is 0.330 e. The Bertz CT molecular complexity index is 709. The van der Waals surface area contributed by atoms with E-state index in [1.54, 1.807) is 0 Å². The Morgan fingerprint density at radius 1 is 0.944 bits per heavy atom. The van der Waals surface area contributed by atoms with Crippen LogP contribution in [0.1, 0.15) is 0 Å². The SMILES string of the molecule is Clc1ccccc1Nc1nc2cccc(Cl)c2s1. The number of hydrogen-bond donors (Lipinski definition) is 1. The van der Waals surface area contributed by atoms with Gasteiger partial charge in [-0.05, 0) is 24.3 Å². The summed E-state index contributed by atoms with van der Waals surface area (Å²) in [6.45, 7) is 0. The van der Waals surface area contributed by atoms with Gasteiger partial charge in [-0.3, -0.25) is 0 Å². The second kappa shape index (κ2) is 4.76. The number of para-hydroxylation sites is 1. The monoisotopic (exact) mass is 294 g/mol. The highest BCUT2D eigenvalue weighted by molar-refractivity contribution is 7.22. The molecule has 1 N–H and O–H groups in total. The molecule has 0 amide bonds. The van der Waals surface area contributed by atoms with Crippen molar-refractivity contribution in [1.82, 2.24) is 4.98 Å². The Morgan fingerprint density at radius 3 is 2.50 bits per heavy atom. The molecule has 3 rings (SSSR count). The number of rotatable bonds is 2. The van der Waals surface area contributed by atoms with Gasteiger partial charge >= 0.3 is 0 Å². The van der Waals surface area contributed by atoms with E-state index in [1.807, 2.05) is 42.5 Å². The fourth-order valence-electron chi connectivity index (χ4n) is 1.65. The van der Waals surface area contributed by atoms with Crippen molar-refractivity contribution >= 4 is 55.6 Å². The van der Waals surface area contributed by atoms with Gasteiger partial charge < -0.3 is 5.32 Å². The third kappa shape index (κ3) is 2.17. The number of anilines is 2. The van der Waals surface area contributed by atoms with Crippen LogP contribution in [-0.2, 0) is 0 Å². The lowest BCUT2D eigenvalue weighted by Crippen LogP contribution is -1.89. The van der Waals surface area contributed by atoms with Crippen LogP contribution in [0.4, 0.5) is 10.8 Å². The molecule has 0 unspecified atom stereocenters. The molecule has 0 aliphatic carbocycles. The van der Waals surface area contributed by atoms with E-state index in [4.69, 9.17) is 23.2 Å². The Labute approximate surface area is 118 Å². The lowest BCUT2D eigenvalue weighted by molar-refractivity contribution is 1.44. The average molecular weight is 295 g/mol. The summed E-state index contributed by atoms with van der Waals surface area (Å²) in [5.74, 6) is 0.